The number of ether oxygens (including phenoxy) is 1. The lowest BCUT2D eigenvalue weighted by atomic mass is 10.1. The summed E-state index contributed by atoms with van der Waals surface area (Å²) < 4.78 is 32.0. The molecule has 3 rings (SSSR count). The van der Waals surface area contributed by atoms with Crippen LogP contribution in [0.25, 0.3) is 0 Å². The lowest BCUT2D eigenvalue weighted by Gasteiger charge is -2.09. The Balaban J connectivity index is 1.71. The van der Waals surface area contributed by atoms with E-state index in [4.69, 9.17) is 16.3 Å². The predicted molar refractivity (Wildman–Crippen MR) is 109 cm³/mol. The first kappa shape index (κ1) is 20.8. The Morgan fingerprint density at radius 2 is 1.75 bits per heavy atom. The van der Waals surface area contributed by atoms with Gasteiger partial charge in [0, 0.05) is 0 Å². The van der Waals surface area contributed by atoms with Crippen LogP contribution in [0, 0.1) is 6.92 Å². The minimum Gasteiger partial charge on any atom is -0.467 e. The second-order valence-electron chi connectivity index (χ2n) is 7.03. The average molecular weight is 422 g/mol. The van der Waals surface area contributed by atoms with Gasteiger partial charge in [-0.3, -0.25) is 0 Å². The molecule has 28 heavy (non-hydrogen) atoms. The molecule has 2 aromatic rings. The van der Waals surface area contributed by atoms with Crippen LogP contribution in [0.3, 0.4) is 0 Å². The van der Waals surface area contributed by atoms with E-state index in [0.29, 0.717) is 6.42 Å². The molecule has 1 saturated heterocycles. The first-order valence-electron chi connectivity index (χ1n) is 9.24. The molecule has 0 aromatic heterocycles. The van der Waals surface area contributed by atoms with Crippen molar-refractivity contribution in [2.75, 3.05) is 7.11 Å². The maximum absolute atomic E-state index is 13.0. The van der Waals surface area contributed by atoms with Crippen molar-refractivity contribution < 1.29 is 17.9 Å². The van der Waals surface area contributed by atoms with Gasteiger partial charge in [-0.1, -0.05) is 66.0 Å². The molecular formula is C21H24ClNO4S. The molecule has 0 saturated carbocycles. The minimum atomic E-state index is -3.88. The van der Waals surface area contributed by atoms with E-state index in [1.807, 2.05) is 25.1 Å². The summed E-state index contributed by atoms with van der Waals surface area (Å²) in [6, 6.07) is 16.0. The van der Waals surface area contributed by atoms with Gasteiger partial charge in [0.25, 0.3) is 0 Å². The standard InChI is InChI=1S/C21H24ClNO4S/c1-16-12-14-18(15-13-16)28(25,26)23-19(21(23,22)20(24)27-2)11-7-6-10-17-8-4-3-5-9-17/h3-5,8-9,12-15,19H,6-7,10-11H2,1-2H3/t19-,21-,23?/m0/s1. The van der Waals surface area contributed by atoms with Crippen LogP contribution in [-0.4, -0.2) is 36.8 Å². The van der Waals surface area contributed by atoms with Crippen LogP contribution in [0.1, 0.15) is 30.4 Å². The van der Waals surface area contributed by atoms with Crippen molar-refractivity contribution in [1.82, 2.24) is 4.31 Å². The highest BCUT2D eigenvalue weighted by molar-refractivity contribution is 7.89. The lowest BCUT2D eigenvalue weighted by Crippen LogP contribution is -2.28. The fourth-order valence-corrected chi connectivity index (χ4v) is 5.93. The number of aryl methyl sites for hydroxylation is 2. The van der Waals surface area contributed by atoms with E-state index >= 15 is 0 Å². The molecule has 3 atom stereocenters. The maximum atomic E-state index is 13.0. The SMILES string of the molecule is COC(=O)[C@]1(Cl)[C@H](CCCCc2ccccc2)N1S(=O)(=O)c1ccc(C)cc1. The molecule has 0 N–H and O–H groups in total. The third-order valence-electron chi connectivity index (χ3n) is 5.06. The molecular weight excluding hydrogens is 398 g/mol. The van der Waals surface area contributed by atoms with Gasteiger partial charge in [0.2, 0.25) is 15.0 Å². The number of halogens is 1. The molecule has 0 spiro atoms. The number of methoxy groups -OCH3 is 1. The second-order valence-corrected chi connectivity index (χ2v) is 9.42. The van der Waals surface area contributed by atoms with Crippen molar-refractivity contribution in [1.29, 1.82) is 0 Å². The highest BCUT2D eigenvalue weighted by Gasteiger charge is 2.73. The van der Waals surface area contributed by atoms with Gasteiger partial charge < -0.3 is 4.74 Å². The van der Waals surface area contributed by atoms with Crippen molar-refractivity contribution >= 4 is 27.6 Å². The van der Waals surface area contributed by atoms with Crippen molar-refractivity contribution in [3.8, 4) is 0 Å². The normalized spacial score (nSPS) is 24.0. The van der Waals surface area contributed by atoms with Crippen LogP contribution >= 0.6 is 11.6 Å². The number of sulfonamides is 1. The summed E-state index contributed by atoms with van der Waals surface area (Å²) in [5, 5.41) is 0. The van der Waals surface area contributed by atoms with E-state index < -0.39 is 27.0 Å². The van der Waals surface area contributed by atoms with E-state index in [0.717, 1.165) is 29.1 Å². The zero-order valence-corrected chi connectivity index (χ0v) is 17.5. The summed E-state index contributed by atoms with van der Waals surface area (Å²) in [7, 11) is -2.67. The second kappa shape index (κ2) is 8.23. The number of alkyl halides is 1. The zero-order chi connectivity index (χ0) is 20.4. The van der Waals surface area contributed by atoms with E-state index in [1.54, 1.807) is 12.1 Å². The maximum Gasteiger partial charge on any atom is 0.344 e. The third kappa shape index (κ3) is 3.95. The van der Waals surface area contributed by atoms with Crippen LogP contribution in [0.2, 0.25) is 0 Å². The Hall–Kier alpha value is -1.89. The molecule has 1 aliphatic heterocycles. The lowest BCUT2D eigenvalue weighted by molar-refractivity contribution is -0.141. The highest BCUT2D eigenvalue weighted by atomic mass is 35.5. The number of esters is 1. The number of hydrogen-bond donors (Lipinski definition) is 0. The summed E-state index contributed by atoms with van der Waals surface area (Å²) in [5.41, 5.74) is 2.18. The molecule has 0 aliphatic carbocycles. The topological polar surface area (TPSA) is 63.5 Å². The third-order valence-corrected chi connectivity index (χ3v) is 7.68. The highest BCUT2D eigenvalue weighted by Crippen LogP contribution is 2.52. The Kier molecular flexibility index (Phi) is 6.12. The van der Waals surface area contributed by atoms with Crippen LogP contribution in [-0.2, 0) is 26.0 Å². The van der Waals surface area contributed by atoms with Gasteiger partial charge in [-0.25, -0.2) is 13.2 Å². The Bertz CT molecular complexity index is 931. The Morgan fingerprint density at radius 3 is 2.36 bits per heavy atom. The fraction of sp³-hybridized carbons (Fsp3) is 0.381. The Morgan fingerprint density at radius 1 is 1.11 bits per heavy atom. The van der Waals surface area contributed by atoms with Crippen LogP contribution in [0.4, 0.5) is 0 Å². The quantitative estimate of drug-likeness (QED) is 0.213. The first-order chi connectivity index (χ1) is 13.3. The van der Waals surface area contributed by atoms with Crippen molar-refractivity contribution in [3.63, 3.8) is 0 Å². The first-order valence-corrected chi connectivity index (χ1v) is 11.1. The van der Waals surface area contributed by atoms with E-state index in [1.165, 1.54) is 24.8 Å². The molecule has 5 nitrogen and oxygen atoms in total. The van der Waals surface area contributed by atoms with Gasteiger partial charge >= 0.3 is 5.97 Å². The van der Waals surface area contributed by atoms with Gasteiger partial charge in [-0.05, 0) is 43.9 Å². The van der Waals surface area contributed by atoms with Gasteiger partial charge in [0.1, 0.15) is 0 Å². The largest absolute Gasteiger partial charge is 0.467 e. The summed E-state index contributed by atoms with van der Waals surface area (Å²) in [5.74, 6) is -0.738. The number of nitrogens with zero attached hydrogens (tertiary/aromatic N) is 1. The summed E-state index contributed by atoms with van der Waals surface area (Å²) >= 11 is 6.46. The van der Waals surface area contributed by atoms with E-state index in [9.17, 15) is 13.2 Å². The zero-order valence-electron chi connectivity index (χ0n) is 16.0. The molecule has 0 bridgehead atoms. The van der Waals surface area contributed by atoms with E-state index in [2.05, 4.69) is 12.1 Å². The number of benzene rings is 2. The number of carbonyl (C=O) groups is 1. The molecule has 0 radical (unpaired) electrons. The predicted octanol–water partition coefficient (Wildman–Crippen LogP) is 3.89. The summed E-state index contributed by atoms with van der Waals surface area (Å²) in [6.07, 6.45) is 3.03. The summed E-state index contributed by atoms with van der Waals surface area (Å²) in [6.45, 7) is 1.88. The van der Waals surface area contributed by atoms with Crippen molar-refractivity contribution in [2.24, 2.45) is 0 Å². The molecule has 1 heterocycles. The number of carbonyl (C=O) groups excluding carboxylic acids is 1. The molecule has 1 aliphatic rings. The van der Waals surface area contributed by atoms with Gasteiger partial charge in [-0.15, -0.1) is 0 Å². The Labute approximate surface area is 171 Å². The smallest absolute Gasteiger partial charge is 0.344 e. The van der Waals surface area contributed by atoms with Crippen LogP contribution in [0.15, 0.2) is 59.5 Å². The van der Waals surface area contributed by atoms with E-state index in [-0.39, 0.29) is 4.90 Å². The molecule has 150 valence electrons. The minimum absolute atomic E-state index is 0.124. The summed E-state index contributed by atoms with van der Waals surface area (Å²) in [4.78, 5) is 10.7. The molecule has 1 fully saturated rings. The average Bonchev–Trinajstić information content (AvgIpc) is 3.32. The molecule has 7 heteroatoms. The van der Waals surface area contributed by atoms with Crippen molar-refractivity contribution in [2.45, 2.75) is 48.5 Å². The van der Waals surface area contributed by atoms with Crippen LogP contribution < -0.4 is 0 Å². The van der Waals surface area contributed by atoms with Crippen LogP contribution in [0.5, 0.6) is 0 Å². The van der Waals surface area contributed by atoms with Gasteiger partial charge in [-0.2, -0.15) is 4.31 Å². The van der Waals surface area contributed by atoms with Gasteiger partial charge in [0.15, 0.2) is 0 Å². The fourth-order valence-electron chi connectivity index (χ4n) is 3.45. The number of rotatable bonds is 8. The number of hydrogen-bond acceptors (Lipinski definition) is 4. The van der Waals surface area contributed by atoms with Crippen molar-refractivity contribution in [3.05, 3.63) is 65.7 Å². The monoisotopic (exact) mass is 421 g/mol. The number of unbranched alkanes of at least 4 members (excludes halogenated alkanes) is 1. The molecule has 1 unspecified atom stereocenters. The molecule has 2 aromatic carbocycles. The molecule has 0 amide bonds. The van der Waals surface area contributed by atoms with Gasteiger partial charge in [0.05, 0.1) is 18.0 Å².